The molecular formula is C16H30N2O2. The van der Waals surface area contributed by atoms with Crippen molar-refractivity contribution in [2.45, 2.75) is 84.2 Å². The molecule has 0 aromatic heterocycles. The van der Waals surface area contributed by atoms with Crippen molar-refractivity contribution in [3.05, 3.63) is 0 Å². The van der Waals surface area contributed by atoms with E-state index in [2.05, 4.69) is 37.9 Å². The van der Waals surface area contributed by atoms with E-state index in [0.717, 1.165) is 38.7 Å². The quantitative estimate of drug-likeness (QED) is 0.814. The number of ether oxygens (including phenoxy) is 1. The Bertz CT molecular complexity index is 326. The van der Waals surface area contributed by atoms with Gasteiger partial charge < -0.3 is 9.64 Å². The summed E-state index contributed by atoms with van der Waals surface area (Å²) in [5, 5.41) is 3.55. The number of rotatable bonds is 6. The molecule has 1 amide bonds. The van der Waals surface area contributed by atoms with Crippen molar-refractivity contribution in [2.24, 2.45) is 5.92 Å². The summed E-state index contributed by atoms with van der Waals surface area (Å²) >= 11 is 0. The number of hydrogen-bond acceptors (Lipinski definition) is 3. The smallest absolute Gasteiger partial charge is 0.241 e. The lowest BCUT2D eigenvalue weighted by atomic mass is 10.0. The summed E-state index contributed by atoms with van der Waals surface area (Å²) in [6, 6.07) is 0.182. The fourth-order valence-electron chi connectivity index (χ4n) is 3.50. The highest BCUT2D eigenvalue weighted by molar-refractivity contribution is 5.84. The Hall–Kier alpha value is -0.610. The van der Waals surface area contributed by atoms with Gasteiger partial charge in [-0.3, -0.25) is 10.1 Å². The predicted octanol–water partition coefficient (Wildman–Crippen LogP) is 2.53. The van der Waals surface area contributed by atoms with Gasteiger partial charge in [0.25, 0.3) is 0 Å². The second-order valence-corrected chi connectivity index (χ2v) is 6.69. The van der Waals surface area contributed by atoms with Gasteiger partial charge in [0.05, 0.1) is 24.4 Å². The Morgan fingerprint density at radius 3 is 2.70 bits per heavy atom. The zero-order valence-corrected chi connectivity index (χ0v) is 13.4. The molecule has 116 valence electrons. The van der Waals surface area contributed by atoms with Crippen molar-refractivity contribution in [2.75, 3.05) is 6.61 Å². The first-order chi connectivity index (χ1) is 9.54. The highest BCUT2D eigenvalue weighted by Crippen LogP contribution is 2.27. The summed E-state index contributed by atoms with van der Waals surface area (Å²) < 4.78 is 5.80. The maximum Gasteiger partial charge on any atom is 0.241 e. The van der Waals surface area contributed by atoms with Gasteiger partial charge in [-0.2, -0.15) is 0 Å². The maximum atomic E-state index is 12.7. The summed E-state index contributed by atoms with van der Waals surface area (Å²) in [6.07, 6.45) is 5.66. The highest BCUT2D eigenvalue weighted by Gasteiger charge is 2.43. The fourth-order valence-corrected chi connectivity index (χ4v) is 3.50. The van der Waals surface area contributed by atoms with Crippen molar-refractivity contribution >= 4 is 5.91 Å². The molecule has 4 atom stereocenters. The molecule has 0 aliphatic carbocycles. The number of amides is 1. The average Bonchev–Trinajstić information content (AvgIpc) is 2.99. The van der Waals surface area contributed by atoms with Gasteiger partial charge >= 0.3 is 0 Å². The molecule has 0 spiro atoms. The molecule has 2 fully saturated rings. The van der Waals surface area contributed by atoms with Crippen molar-refractivity contribution in [3.8, 4) is 0 Å². The topological polar surface area (TPSA) is 41.6 Å². The highest BCUT2D eigenvalue weighted by atomic mass is 16.5. The number of carbonyl (C=O) groups is 1. The first kappa shape index (κ1) is 15.8. The van der Waals surface area contributed by atoms with Crippen molar-refractivity contribution in [1.82, 2.24) is 10.2 Å². The fraction of sp³-hybridized carbons (Fsp3) is 0.938. The van der Waals surface area contributed by atoms with Crippen LogP contribution in [0.25, 0.3) is 0 Å². The molecule has 0 aromatic carbocycles. The molecule has 4 nitrogen and oxygen atoms in total. The predicted molar refractivity (Wildman–Crippen MR) is 80.4 cm³/mol. The van der Waals surface area contributed by atoms with Gasteiger partial charge in [0, 0.05) is 6.61 Å². The van der Waals surface area contributed by atoms with Crippen LogP contribution in [0.1, 0.15) is 59.8 Å². The standard InChI is InChI=1S/C16H30N2O2/c1-5-7-15-17-13(10-11(2)3)16(19)18(15)12(4)14-8-6-9-20-14/h11-15,17H,5-10H2,1-4H3. The van der Waals surface area contributed by atoms with Crippen LogP contribution in [0.5, 0.6) is 0 Å². The number of hydrogen-bond donors (Lipinski definition) is 1. The van der Waals surface area contributed by atoms with Gasteiger partial charge in [0.15, 0.2) is 0 Å². The van der Waals surface area contributed by atoms with Gasteiger partial charge in [0.2, 0.25) is 5.91 Å². The molecule has 0 radical (unpaired) electrons. The van der Waals surface area contributed by atoms with Crippen LogP contribution in [0, 0.1) is 5.92 Å². The number of carbonyl (C=O) groups excluding carboxylic acids is 1. The van der Waals surface area contributed by atoms with Gasteiger partial charge in [-0.25, -0.2) is 0 Å². The number of nitrogens with zero attached hydrogens (tertiary/aromatic N) is 1. The average molecular weight is 282 g/mol. The van der Waals surface area contributed by atoms with Crippen molar-refractivity contribution in [3.63, 3.8) is 0 Å². The second kappa shape index (κ2) is 6.90. The van der Waals surface area contributed by atoms with E-state index >= 15 is 0 Å². The van der Waals surface area contributed by atoms with E-state index in [1.807, 2.05) is 0 Å². The zero-order valence-electron chi connectivity index (χ0n) is 13.4. The molecule has 2 heterocycles. The van der Waals surface area contributed by atoms with E-state index in [9.17, 15) is 4.79 Å². The lowest BCUT2D eigenvalue weighted by Gasteiger charge is -2.33. The molecule has 20 heavy (non-hydrogen) atoms. The van der Waals surface area contributed by atoms with E-state index in [1.54, 1.807) is 0 Å². The van der Waals surface area contributed by atoms with Crippen LogP contribution in [0.3, 0.4) is 0 Å². The molecule has 2 aliphatic rings. The Morgan fingerprint density at radius 2 is 2.15 bits per heavy atom. The van der Waals surface area contributed by atoms with Crippen molar-refractivity contribution < 1.29 is 9.53 Å². The number of nitrogens with one attached hydrogen (secondary N) is 1. The zero-order chi connectivity index (χ0) is 14.7. The Kier molecular flexibility index (Phi) is 5.44. The third-order valence-corrected chi connectivity index (χ3v) is 4.49. The van der Waals surface area contributed by atoms with Crippen LogP contribution in [0.15, 0.2) is 0 Å². The van der Waals surface area contributed by atoms with Gasteiger partial charge in [-0.15, -0.1) is 0 Å². The minimum absolute atomic E-state index is 0.00426. The summed E-state index contributed by atoms with van der Waals surface area (Å²) in [4.78, 5) is 14.8. The third-order valence-electron chi connectivity index (χ3n) is 4.49. The Labute approximate surface area is 123 Å². The molecule has 0 bridgehead atoms. The molecule has 2 rings (SSSR count). The summed E-state index contributed by atoms with van der Waals surface area (Å²) in [5.41, 5.74) is 0. The van der Waals surface area contributed by atoms with Gasteiger partial charge in [-0.05, 0) is 38.5 Å². The van der Waals surface area contributed by atoms with E-state index in [1.165, 1.54) is 0 Å². The molecule has 0 saturated carbocycles. The van der Waals surface area contributed by atoms with Crippen LogP contribution in [0.2, 0.25) is 0 Å². The molecule has 0 aromatic rings. The second-order valence-electron chi connectivity index (χ2n) is 6.69. The van der Waals surface area contributed by atoms with Crippen LogP contribution in [-0.4, -0.2) is 41.8 Å². The minimum Gasteiger partial charge on any atom is -0.376 e. The Morgan fingerprint density at radius 1 is 1.40 bits per heavy atom. The van der Waals surface area contributed by atoms with E-state index < -0.39 is 0 Å². The summed E-state index contributed by atoms with van der Waals surface area (Å²) in [5.74, 6) is 0.817. The van der Waals surface area contributed by atoms with E-state index in [4.69, 9.17) is 4.74 Å². The Balaban J connectivity index is 2.07. The van der Waals surface area contributed by atoms with Gasteiger partial charge in [0.1, 0.15) is 0 Å². The lowest BCUT2D eigenvalue weighted by Crippen LogP contribution is -2.48. The summed E-state index contributed by atoms with van der Waals surface area (Å²) in [6.45, 7) is 9.52. The molecule has 4 heteroatoms. The molecule has 2 saturated heterocycles. The van der Waals surface area contributed by atoms with Gasteiger partial charge in [-0.1, -0.05) is 27.2 Å². The summed E-state index contributed by atoms with van der Waals surface area (Å²) in [7, 11) is 0. The monoisotopic (exact) mass is 282 g/mol. The first-order valence-electron chi connectivity index (χ1n) is 8.24. The third kappa shape index (κ3) is 3.34. The van der Waals surface area contributed by atoms with E-state index in [0.29, 0.717) is 5.92 Å². The largest absolute Gasteiger partial charge is 0.376 e. The molecule has 1 N–H and O–H groups in total. The van der Waals surface area contributed by atoms with Crippen molar-refractivity contribution in [1.29, 1.82) is 0 Å². The molecular weight excluding hydrogens is 252 g/mol. The van der Waals surface area contributed by atoms with Crippen LogP contribution >= 0.6 is 0 Å². The lowest BCUT2D eigenvalue weighted by molar-refractivity contribution is -0.135. The maximum absolute atomic E-state index is 12.7. The molecule has 4 unspecified atom stereocenters. The normalized spacial score (nSPS) is 32.4. The first-order valence-corrected chi connectivity index (χ1v) is 8.24. The van der Waals surface area contributed by atoms with Crippen LogP contribution in [0.4, 0.5) is 0 Å². The minimum atomic E-state index is -0.00426. The van der Waals surface area contributed by atoms with Crippen LogP contribution < -0.4 is 5.32 Å². The molecule has 2 aliphatic heterocycles. The SMILES string of the molecule is CCCC1NC(CC(C)C)C(=O)N1C(C)C1CCCO1. The van der Waals surface area contributed by atoms with Crippen LogP contribution in [-0.2, 0) is 9.53 Å². The van der Waals surface area contributed by atoms with E-state index in [-0.39, 0.29) is 30.3 Å².